The van der Waals surface area contributed by atoms with Gasteiger partial charge in [0.05, 0.1) is 0 Å². The SMILES string of the molecule is CN=C(NCC(=O)OC(C)(C)C)NC(C)CCc1ccccc1. The van der Waals surface area contributed by atoms with Crippen molar-refractivity contribution in [3.8, 4) is 0 Å². The lowest BCUT2D eigenvalue weighted by atomic mass is 10.1. The van der Waals surface area contributed by atoms with E-state index < -0.39 is 5.60 Å². The van der Waals surface area contributed by atoms with Crippen LogP contribution in [0.4, 0.5) is 0 Å². The Morgan fingerprint density at radius 3 is 2.48 bits per heavy atom. The Morgan fingerprint density at radius 2 is 1.91 bits per heavy atom. The number of aryl methyl sites for hydroxylation is 1. The van der Waals surface area contributed by atoms with Crippen LogP contribution in [0.5, 0.6) is 0 Å². The number of carbonyl (C=O) groups is 1. The summed E-state index contributed by atoms with van der Waals surface area (Å²) in [7, 11) is 1.69. The number of esters is 1. The number of guanidine groups is 1. The first-order chi connectivity index (χ1) is 10.8. The third-order valence-electron chi connectivity index (χ3n) is 3.14. The Kier molecular flexibility index (Phi) is 7.59. The molecular formula is C18H29N3O2. The Hall–Kier alpha value is -2.04. The van der Waals surface area contributed by atoms with Crippen LogP contribution in [0.3, 0.4) is 0 Å². The number of nitrogens with one attached hydrogen (secondary N) is 2. The van der Waals surface area contributed by atoms with Crippen molar-refractivity contribution in [3.05, 3.63) is 35.9 Å². The molecule has 128 valence electrons. The minimum absolute atomic E-state index is 0.0996. The smallest absolute Gasteiger partial charge is 0.325 e. The number of carbonyl (C=O) groups excluding carboxylic acids is 1. The average molecular weight is 319 g/mol. The van der Waals surface area contributed by atoms with Gasteiger partial charge in [0.1, 0.15) is 12.1 Å². The van der Waals surface area contributed by atoms with Crippen LogP contribution in [0, 0.1) is 0 Å². The summed E-state index contributed by atoms with van der Waals surface area (Å²) in [6.45, 7) is 7.75. The zero-order valence-corrected chi connectivity index (χ0v) is 14.8. The molecule has 5 nitrogen and oxygen atoms in total. The summed E-state index contributed by atoms with van der Waals surface area (Å²) >= 11 is 0. The number of hydrogen-bond acceptors (Lipinski definition) is 3. The quantitative estimate of drug-likeness (QED) is 0.480. The van der Waals surface area contributed by atoms with E-state index >= 15 is 0 Å². The van der Waals surface area contributed by atoms with Crippen LogP contribution < -0.4 is 10.6 Å². The third kappa shape index (κ3) is 8.86. The van der Waals surface area contributed by atoms with Crippen molar-refractivity contribution >= 4 is 11.9 Å². The number of hydrogen-bond donors (Lipinski definition) is 2. The molecule has 0 heterocycles. The highest BCUT2D eigenvalue weighted by Gasteiger charge is 2.16. The molecule has 0 saturated carbocycles. The van der Waals surface area contributed by atoms with Crippen LogP contribution in [0.25, 0.3) is 0 Å². The van der Waals surface area contributed by atoms with Gasteiger partial charge in [-0.3, -0.25) is 9.79 Å². The molecular weight excluding hydrogens is 290 g/mol. The van der Waals surface area contributed by atoms with Crippen LogP contribution in [-0.2, 0) is 16.0 Å². The lowest BCUT2D eigenvalue weighted by Gasteiger charge is -2.21. The van der Waals surface area contributed by atoms with Crippen molar-refractivity contribution in [1.82, 2.24) is 10.6 Å². The predicted molar refractivity (Wildman–Crippen MR) is 94.6 cm³/mol. The highest BCUT2D eigenvalue weighted by Crippen LogP contribution is 2.06. The Bertz CT molecular complexity index is 507. The van der Waals surface area contributed by atoms with Gasteiger partial charge < -0.3 is 15.4 Å². The van der Waals surface area contributed by atoms with Crippen molar-refractivity contribution in [1.29, 1.82) is 0 Å². The molecule has 0 aliphatic rings. The van der Waals surface area contributed by atoms with E-state index in [0.29, 0.717) is 5.96 Å². The summed E-state index contributed by atoms with van der Waals surface area (Å²) in [5, 5.41) is 6.27. The van der Waals surface area contributed by atoms with Gasteiger partial charge in [0, 0.05) is 13.1 Å². The summed E-state index contributed by atoms with van der Waals surface area (Å²) < 4.78 is 5.26. The molecule has 0 amide bonds. The Labute approximate surface area is 139 Å². The van der Waals surface area contributed by atoms with Gasteiger partial charge in [-0.25, -0.2) is 0 Å². The lowest BCUT2D eigenvalue weighted by Crippen LogP contribution is -2.45. The van der Waals surface area contributed by atoms with Crippen molar-refractivity contribution in [3.63, 3.8) is 0 Å². The number of aliphatic imine (C=N–C) groups is 1. The Morgan fingerprint density at radius 1 is 1.26 bits per heavy atom. The fraction of sp³-hybridized carbons (Fsp3) is 0.556. The summed E-state index contributed by atoms with van der Waals surface area (Å²) in [5.41, 5.74) is 0.844. The van der Waals surface area contributed by atoms with Crippen molar-refractivity contribution < 1.29 is 9.53 Å². The van der Waals surface area contributed by atoms with E-state index in [0.717, 1.165) is 12.8 Å². The summed E-state index contributed by atoms with van der Waals surface area (Å²) in [6.07, 6.45) is 1.98. The first-order valence-corrected chi connectivity index (χ1v) is 8.03. The van der Waals surface area contributed by atoms with Crippen LogP contribution in [0.2, 0.25) is 0 Å². The van der Waals surface area contributed by atoms with Gasteiger partial charge in [-0.05, 0) is 46.1 Å². The number of benzene rings is 1. The van der Waals surface area contributed by atoms with Gasteiger partial charge >= 0.3 is 5.97 Å². The highest BCUT2D eigenvalue weighted by molar-refractivity contribution is 5.84. The van der Waals surface area contributed by atoms with Gasteiger partial charge in [-0.2, -0.15) is 0 Å². The number of ether oxygens (including phenoxy) is 1. The van der Waals surface area contributed by atoms with Crippen molar-refractivity contribution in [2.24, 2.45) is 4.99 Å². The molecule has 0 aliphatic heterocycles. The fourth-order valence-electron chi connectivity index (χ4n) is 2.06. The summed E-state index contributed by atoms with van der Waals surface area (Å²) in [6, 6.07) is 10.6. The molecule has 2 N–H and O–H groups in total. The van der Waals surface area contributed by atoms with E-state index in [4.69, 9.17) is 4.74 Å². The van der Waals surface area contributed by atoms with Gasteiger partial charge in [-0.15, -0.1) is 0 Å². The van der Waals surface area contributed by atoms with Crippen LogP contribution in [0.1, 0.15) is 39.7 Å². The first kappa shape index (κ1) is 19.0. The molecule has 1 aromatic rings. The molecule has 0 radical (unpaired) electrons. The molecule has 0 bridgehead atoms. The van der Waals surface area contributed by atoms with E-state index in [9.17, 15) is 4.79 Å². The minimum Gasteiger partial charge on any atom is -0.459 e. The molecule has 1 atom stereocenters. The Balaban J connectivity index is 2.34. The van der Waals surface area contributed by atoms with Gasteiger partial charge in [-0.1, -0.05) is 30.3 Å². The number of nitrogens with zero attached hydrogens (tertiary/aromatic N) is 1. The maximum Gasteiger partial charge on any atom is 0.325 e. The minimum atomic E-state index is -0.474. The second-order valence-corrected chi connectivity index (χ2v) is 6.58. The van der Waals surface area contributed by atoms with Crippen LogP contribution >= 0.6 is 0 Å². The van der Waals surface area contributed by atoms with E-state index in [2.05, 4.69) is 46.8 Å². The fourth-order valence-corrected chi connectivity index (χ4v) is 2.06. The molecule has 0 aromatic heterocycles. The van der Waals surface area contributed by atoms with Crippen LogP contribution in [-0.4, -0.2) is 37.2 Å². The molecule has 23 heavy (non-hydrogen) atoms. The molecule has 1 rings (SSSR count). The zero-order valence-electron chi connectivity index (χ0n) is 14.8. The van der Waals surface area contributed by atoms with Crippen molar-refractivity contribution in [2.45, 2.75) is 52.2 Å². The monoisotopic (exact) mass is 319 g/mol. The van der Waals surface area contributed by atoms with Gasteiger partial charge in [0.15, 0.2) is 5.96 Å². The second-order valence-electron chi connectivity index (χ2n) is 6.58. The van der Waals surface area contributed by atoms with E-state index in [1.807, 2.05) is 26.8 Å². The molecule has 0 fully saturated rings. The average Bonchev–Trinajstić information content (AvgIpc) is 2.48. The molecule has 5 heteroatoms. The maximum absolute atomic E-state index is 11.7. The third-order valence-corrected chi connectivity index (χ3v) is 3.14. The normalized spacial score (nSPS) is 13.3. The molecule has 0 aliphatic carbocycles. The lowest BCUT2D eigenvalue weighted by molar-refractivity contribution is -0.153. The van der Waals surface area contributed by atoms with Gasteiger partial charge in [0.2, 0.25) is 0 Å². The van der Waals surface area contributed by atoms with E-state index in [1.165, 1.54) is 5.56 Å². The first-order valence-electron chi connectivity index (χ1n) is 8.03. The molecule has 1 aromatic carbocycles. The van der Waals surface area contributed by atoms with E-state index in [-0.39, 0.29) is 18.6 Å². The topological polar surface area (TPSA) is 62.7 Å². The molecule has 0 spiro atoms. The van der Waals surface area contributed by atoms with E-state index in [1.54, 1.807) is 7.05 Å². The zero-order chi connectivity index (χ0) is 17.3. The molecule has 0 saturated heterocycles. The largest absolute Gasteiger partial charge is 0.459 e. The molecule has 1 unspecified atom stereocenters. The summed E-state index contributed by atoms with van der Waals surface area (Å²) in [4.78, 5) is 15.8. The predicted octanol–water partition coefficient (Wildman–Crippen LogP) is 2.51. The number of rotatable bonds is 6. The second kappa shape index (κ2) is 9.18. The van der Waals surface area contributed by atoms with Crippen LogP contribution in [0.15, 0.2) is 35.3 Å². The summed E-state index contributed by atoms with van der Waals surface area (Å²) in [5.74, 6) is 0.314. The van der Waals surface area contributed by atoms with Gasteiger partial charge in [0.25, 0.3) is 0 Å². The standard InChI is InChI=1S/C18H29N3O2/c1-14(11-12-15-9-7-6-8-10-15)21-17(19-5)20-13-16(22)23-18(2,3)4/h6-10,14H,11-13H2,1-5H3,(H2,19,20,21). The van der Waals surface area contributed by atoms with Crippen molar-refractivity contribution in [2.75, 3.05) is 13.6 Å². The highest BCUT2D eigenvalue weighted by atomic mass is 16.6. The maximum atomic E-state index is 11.7.